The molecule has 0 saturated carbocycles. The van der Waals surface area contributed by atoms with Gasteiger partial charge in [-0.1, -0.05) is 13.8 Å². The molecular weight excluding hydrogens is 216 g/mol. The largest absolute Gasteiger partial charge is 0.354 e. The number of hydrogen-bond donors (Lipinski definition) is 1. The third kappa shape index (κ3) is 2.51. The summed E-state index contributed by atoms with van der Waals surface area (Å²) in [5.74, 6) is 0.747. The Bertz CT molecular complexity index is 317. The van der Waals surface area contributed by atoms with Gasteiger partial charge in [0.25, 0.3) is 0 Å². The van der Waals surface area contributed by atoms with Crippen LogP contribution in [-0.2, 0) is 9.59 Å². The SMILES string of the molecule is CCC(C)C(=O)CN1CCCC2C(=O)NCC21. The topological polar surface area (TPSA) is 49.4 Å². The first-order valence-electron chi connectivity index (χ1n) is 6.68. The molecule has 4 heteroatoms. The van der Waals surface area contributed by atoms with Crippen molar-refractivity contribution in [3.05, 3.63) is 0 Å². The van der Waals surface area contributed by atoms with Crippen LogP contribution in [0.1, 0.15) is 33.1 Å². The van der Waals surface area contributed by atoms with Crippen molar-refractivity contribution >= 4 is 11.7 Å². The zero-order valence-corrected chi connectivity index (χ0v) is 10.7. The summed E-state index contributed by atoms with van der Waals surface area (Å²) in [7, 11) is 0. The van der Waals surface area contributed by atoms with Crippen molar-refractivity contribution < 1.29 is 9.59 Å². The zero-order valence-electron chi connectivity index (χ0n) is 10.7. The molecule has 2 saturated heterocycles. The van der Waals surface area contributed by atoms with Gasteiger partial charge in [0.05, 0.1) is 12.5 Å². The number of piperidine rings is 1. The molecule has 2 fully saturated rings. The van der Waals surface area contributed by atoms with Crippen molar-refractivity contribution in [3.8, 4) is 0 Å². The molecule has 0 aromatic carbocycles. The second kappa shape index (κ2) is 5.17. The van der Waals surface area contributed by atoms with Crippen molar-refractivity contribution in [2.45, 2.75) is 39.2 Å². The smallest absolute Gasteiger partial charge is 0.224 e. The number of Topliss-reactive ketones (excluding diaryl/α,β-unsaturated/α-hetero) is 1. The fourth-order valence-electron chi connectivity index (χ4n) is 2.82. The lowest BCUT2D eigenvalue weighted by Gasteiger charge is -2.35. The quantitative estimate of drug-likeness (QED) is 0.788. The Morgan fingerprint density at radius 2 is 2.35 bits per heavy atom. The van der Waals surface area contributed by atoms with Gasteiger partial charge in [0.15, 0.2) is 0 Å². The molecule has 0 aliphatic carbocycles. The van der Waals surface area contributed by atoms with Crippen LogP contribution in [0.2, 0.25) is 0 Å². The summed E-state index contributed by atoms with van der Waals surface area (Å²) in [6.07, 6.45) is 2.91. The summed E-state index contributed by atoms with van der Waals surface area (Å²) in [4.78, 5) is 25.8. The normalized spacial score (nSPS) is 30.8. The second-order valence-corrected chi connectivity index (χ2v) is 5.31. The zero-order chi connectivity index (χ0) is 12.4. The van der Waals surface area contributed by atoms with Crippen LogP contribution >= 0.6 is 0 Å². The van der Waals surface area contributed by atoms with E-state index in [-0.39, 0.29) is 23.8 Å². The number of ketones is 1. The molecule has 2 aliphatic rings. The van der Waals surface area contributed by atoms with E-state index in [0.29, 0.717) is 12.3 Å². The molecule has 96 valence electrons. The van der Waals surface area contributed by atoms with Gasteiger partial charge in [-0.15, -0.1) is 0 Å². The monoisotopic (exact) mass is 238 g/mol. The summed E-state index contributed by atoms with van der Waals surface area (Å²) in [5, 5.41) is 2.92. The summed E-state index contributed by atoms with van der Waals surface area (Å²) in [5.41, 5.74) is 0. The lowest BCUT2D eigenvalue weighted by atomic mass is 9.90. The summed E-state index contributed by atoms with van der Waals surface area (Å²) in [6.45, 7) is 6.23. The molecule has 0 bridgehead atoms. The fourth-order valence-corrected chi connectivity index (χ4v) is 2.82. The van der Waals surface area contributed by atoms with Gasteiger partial charge in [-0.25, -0.2) is 0 Å². The van der Waals surface area contributed by atoms with Crippen LogP contribution in [0.4, 0.5) is 0 Å². The van der Waals surface area contributed by atoms with E-state index in [1.54, 1.807) is 0 Å². The highest BCUT2D eigenvalue weighted by Gasteiger charge is 2.41. The van der Waals surface area contributed by atoms with Crippen LogP contribution < -0.4 is 5.32 Å². The molecule has 0 aromatic heterocycles. The standard InChI is InChI=1S/C13H22N2O2/c1-3-9(2)12(16)8-15-6-4-5-10-11(15)7-14-13(10)17/h9-11H,3-8H2,1-2H3,(H,14,17). The molecule has 2 rings (SSSR count). The van der Waals surface area contributed by atoms with Gasteiger partial charge in [-0.2, -0.15) is 0 Å². The molecule has 3 atom stereocenters. The Morgan fingerprint density at radius 3 is 3.06 bits per heavy atom. The molecule has 0 spiro atoms. The van der Waals surface area contributed by atoms with Crippen LogP contribution in [-0.4, -0.2) is 42.3 Å². The van der Waals surface area contributed by atoms with Crippen LogP contribution in [0.5, 0.6) is 0 Å². The van der Waals surface area contributed by atoms with Crippen molar-refractivity contribution in [3.63, 3.8) is 0 Å². The molecule has 1 amide bonds. The van der Waals surface area contributed by atoms with E-state index in [0.717, 1.165) is 32.4 Å². The lowest BCUT2D eigenvalue weighted by molar-refractivity contribution is -0.127. The van der Waals surface area contributed by atoms with Gasteiger partial charge in [0, 0.05) is 18.5 Å². The molecule has 17 heavy (non-hydrogen) atoms. The van der Waals surface area contributed by atoms with E-state index in [1.165, 1.54) is 0 Å². The predicted molar refractivity (Wildman–Crippen MR) is 65.6 cm³/mol. The van der Waals surface area contributed by atoms with Crippen LogP contribution in [0.15, 0.2) is 0 Å². The highest BCUT2D eigenvalue weighted by Crippen LogP contribution is 2.27. The van der Waals surface area contributed by atoms with Gasteiger partial charge < -0.3 is 5.32 Å². The van der Waals surface area contributed by atoms with E-state index in [1.807, 2.05) is 13.8 Å². The summed E-state index contributed by atoms with van der Waals surface area (Å²) >= 11 is 0. The minimum atomic E-state index is 0.119. The number of carbonyl (C=O) groups excluding carboxylic acids is 2. The Labute approximate surface area is 103 Å². The van der Waals surface area contributed by atoms with Crippen LogP contribution in [0.3, 0.4) is 0 Å². The third-order valence-corrected chi connectivity index (χ3v) is 4.24. The molecular formula is C13H22N2O2. The minimum absolute atomic E-state index is 0.119. The number of amides is 1. The summed E-state index contributed by atoms with van der Waals surface area (Å²) in [6, 6.07) is 0.254. The average Bonchev–Trinajstić information content (AvgIpc) is 2.71. The highest BCUT2D eigenvalue weighted by atomic mass is 16.2. The Balaban J connectivity index is 1.97. The second-order valence-electron chi connectivity index (χ2n) is 5.31. The van der Waals surface area contributed by atoms with Gasteiger partial charge >= 0.3 is 0 Å². The van der Waals surface area contributed by atoms with E-state index < -0.39 is 0 Å². The first-order chi connectivity index (χ1) is 8.13. The Kier molecular flexibility index (Phi) is 3.82. The summed E-state index contributed by atoms with van der Waals surface area (Å²) < 4.78 is 0. The highest BCUT2D eigenvalue weighted by molar-refractivity contribution is 5.84. The van der Waals surface area contributed by atoms with Crippen molar-refractivity contribution in [2.75, 3.05) is 19.6 Å². The Morgan fingerprint density at radius 1 is 1.59 bits per heavy atom. The van der Waals surface area contributed by atoms with Crippen LogP contribution in [0, 0.1) is 11.8 Å². The maximum absolute atomic E-state index is 12.0. The van der Waals surface area contributed by atoms with Gasteiger partial charge in [-0.05, 0) is 25.8 Å². The van der Waals surface area contributed by atoms with Crippen molar-refractivity contribution in [2.24, 2.45) is 11.8 Å². The third-order valence-electron chi connectivity index (χ3n) is 4.24. The van der Waals surface area contributed by atoms with Gasteiger partial charge in [0.2, 0.25) is 5.91 Å². The first-order valence-corrected chi connectivity index (χ1v) is 6.68. The van der Waals surface area contributed by atoms with E-state index >= 15 is 0 Å². The van der Waals surface area contributed by atoms with Gasteiger partial charge in [-0.3, -0.25) is 14.5 Å². The number of nitrogens with zero attached hydrogens (tertiary/aromatic N) is 1. The molecule has 4 nitrogen and oxygen atoms in total. The van der Waals surface area contributed by atoms with E-state index in [4.69, 9.17) is 0 Å². The molecule has 0 radical (unpaired) electrons. The predicted octanol–water partition coefficient (Wildman–Crippen LogP) is 0.812. The molecule has 2 aliphatic heterocycles. The molecule has 2 heterocycles. The maximum atomic E-state index is 12.0. The van der Waals surface area contributed by atoms with Crippen LogP contribution in [0.25, 0.3) is 0 Å². The number of nitrogens with one attached hydrogen (secondary N) is 1. The minimum Gasteiger partial charge on any atom is -0.354 e. The average molecular weight is 238 g/mol. The molecule has 3 unspecified atom stereocenters. The van der Waals surface area contributed by atoms with Gasteiger partial charge in [0.1, 0.15) is 5.78 Å². The first kappa shape index (κ1) is 12.6. The number of carbonyl (C=O) groups is 2. The fraction of sp³-hybridized carbons (Fsp3) is 0.846. The number of likely N-dealkylation sites (tertiary alicyclic amines) is 1. The lowest BCUT2D eigenvalue weighted by Crippen LogP contribution is -2.48. The molecule has 1 N–H and O–H groups in total. The van der Waals surface area contributed by atoms with E-state index in [9.17, 15) is 9.59 Å². The number of hydrogen-bond acceptors (Lipinski definition) is 3. The maximum Gasteiger partial charge on any atom is 0.224 e. The van der Waals surface area contributed by atoms with Crippen molar-refractivity contribution in [1.29, 1.82) is 0 Å². The van der Waals surface area contributed by atoms with Crippen molar-refractivity contribution in [1.82, 2.24) is 10.2 Å². The molecule has 0 aromatic rings. The Hall–Kier alpha value is -0.900. The number of fused-ring (bicyclic) bond motifs is 1. The number of rotatable bonds is 4. The van der Waals surface area contributed by atoms with E-state index in [2.05, 4.69) is 10.2 Å².